The molecule has 0 saturated heterocycles. The number of hydrogen-bond acceptors (Lipinski definition) is 3. The van der Waals surface area contributed by atoms with Gasteiger partial charge in [-0.05, 0) is 31.6 Å². The molecule has 0 aromatic rings. The van der Waals surface area contributed by atoms with E-state index in [1.807, 2.05) is 13.8 Å². The molecule has 0 bridgehead atoms. The van der Waals surface area contributed by atoms with E-state index in [-0.39, 0.29) is 30.2 Å². The zero-order chi connectivity index (χ0) is 15.3. The largest absolute Gasteiger partial charge is 0.388 e. The van der Waals surface area contributed by atoms with Crippen LogP contribution in [0.15, 0.2) is 0 Å². The Bertz CT molecular complexity index is 347. The molecule has 1 fully saturated rings. The Hall–Kier alpha value is -1.10. The molecule has 1 saturated carbocycles. The molecule has 0 aromatic heterocycles. The number of aliphatic hydroxyl groups is 1. The van der Waals surface area contributed by atoms with Gasteiger partial charge < -0.3 is 15.7 Å². The van der Waals surface area contributed by atoms with E-state index in [0.29, 0.717) is 0 Å². The quantitative estimate of drug-likeness (QED) is 0.686. The first-order valence-electron chi connectivity index (χ1n) is 7.51. The number of carbonyl (C=O) groups excluding carboxylic acids is 2. The third-order valence-electron chi connectivity index (χ3n) is 4.38. The van der Waals surface area contributed by atoms with Crippen molar-refractivity contribution in [3.8, 4) is 0 Å². The molecule has 2 atom stereocenters. The summed E-state index contributed by atoms with van der Waals surface area (Å²) in [6.07, 6.45) is 4.16. The van der Waals surface area contributed by atoms with Crippen molar-refractivity contribution in [1.29, 1.82) is 0 Å². The highest BCUT2D eigenvalue weighted by atomic mass is 16.3. The molecule has 2 amide bonds. The number of hydrogen-bond donors (Lipinski definition) is 3. The lowest BCUT2D eigenvalue weighted by Gasteiger charge is -2.30. The van der Waals surface area contributed by atoms with E-state index in [4.69, 9.17) is 0 Å². The van der Waals surface area contributed by atoms with Crippen LogP contribution in [0.4, 0.5) is 0 Å². The summed E-state index contributed by atoms with van der Waals surface area (Å²) >= 11 is 0. The van der Waals surface area contributed by atoms with Gasteiger partial charge in [-0.2, -0.15) is 0 Å². The summed E-state index contributed by atoms with van der Waals surface area (Å²) in [4.78, 5) is 23.6. The van der Waals surface area contributed by atoms with E-state index in [1.165, 1.54) is 6.92 Å². The first-order valence-corrected chi connectivity index (χ1v) is 7.51. The predicted molar refractivity (Wildman–Crippen MR) is 78.0 cm³/mol. The highest BCUT2D eigenvalue weighted by Crippen LogP contribution is 2.28. The van der Waals surface area contributed by atoms with Gasteiger partial charge in [-0.1, -0.05) is 26.7 Å². The van der Waals surface area contributed by atoms with Crippen LogP contribution in [0.2, 0.25) is 0 Å². The zero-order valence-electron chi connectivity index (χ0n) is 13.0. The van der Waals surface area contributed by atoms with Gasteiger partial charge in [0.05, 0.1) is 5.60 Å². The van der Waals surface area contributed by atoms with E-state index in [9.17, 15) is 14.7 Å². The van der Waals surface area contributed by atoms with E-state index >= 15 is 0 Å². The van der Waals surface area contributed by atoms with Gasteiger partial charge in [-0.25, -0.2) is 0 Å². The average Bonchev–Trinajstić information content (AvgIpc) is 2.86. The minimum absolute atomic E-state index is 0.0495. The molecule has 1 rings (SSSR count). The Balaban J connectivity index is 2.61. The monoisotopic (exact) mass is 284 g/mol. The van der Waals surface area contributed by atoms with Crippen molar-refractivity contribution >= 4 is 11.8 Å². The molecule has 0 spiro atoms. The average molecular weight is 284 g/mol. The summed E-state index contributed by atoms with van der Waals surface area (Å²) in [6.45, 7) is 7.16. The third-order valence-corrected chi connectivity index (χ3v) is 4.38. The van der Waals surface area contributed by atoms with E-state index in [2.05, 4.69) is 10.6 Å². The van der Waals surface area contributed by atoms with Gasteiger partial charge in [-0.3, -0.25) is 9.59 Å². The Labute approximate surface area is 121 Å². The predicted octanol–water partition coefficient (Wildman–Crippen LogP) is 1.20. The Kier molecular flexibility index (Phi) is 5.99. The molecule has 0 heterocycles. The molecule has 0 aliphatic heterocycles. The number of nitrogens with one attached hydrogen (secondary N) is 2. The molecule has 2 unspecified atom stereocenters. The Morgan fingerprint density at radius 2 is 1.85 bits per heavy atom. The summed E-state index contributed by atoms with van der Waals surface area (Å²) in [5, 5.41) is 15.7. The number of carbonyl (C=O) groups is 2. The molecule has 5 nitrogen and oxygen atoms in total. The molecular formula is C15H28N2O3. The minimum Gasteiger partial charge on any atom is -0.388 e. The summed E-state index contributed by atoms with van der Waals surface area (Å²) in [7, 11) is 0. The van der Waals surface area contributed by atoms with E-state index in [1.54, 1.807) is 6.92 Å². The van der Waals surface area contributed by atoms with Crippen LogP contribution in [0.25, 0.3) is 0 Å². The Morgan fingerprint density at radius 3 is 2.30 bits per heavy atom. The fraction of sp³-hybridized carbons (Fsp3) is 0.867. The lowest BCUT2D eigenvalue weighted by atomic mass is 9.92. The number of amides is 2. The third kappa shape index (κ3) is 4.78. The van der Waals surface area contributed by atoms with Gasteiger partial charge in [0.1, 0.15) is 6.04 Å². The molecular weight excluding hydrogens is 256 g/mol. The topological polar surface area (TPSA) is 78.4 Å². The van der Waals surface area contributed by atoms with Gasteiger partial charge in [-0.15, -0.1) is 0 Å². The van der Waals surface area contributed by atoms with Crippen LogP contribution in [0.1, 0.15) is 53.4 Å². The standard InChI is InChI=1S/C15H28N2O3/c1-10(2)15(4,20)9-16-14(19)13(17-11(3)18)12-7-5-6-8-12/h10,12-13,20H,5-9H2,1-4H3,(H,16,19)(H,17,18). The van der Waals surface area contributed by atoms with Crippen molar-refractivity contribution in [2.24, 2.45) is 11.8 Å². The lowest BCUT2D eigenvalue weighted by Crippen LogP contribution is -2.53. The smallest absolute Gasteiger partial charge is 0.242 e. The summed E-state index contributed by atoms with van der Waals surface area (Å²) in [5.41, 5.74) is -0.938. The molecule has 0 radical (unpaired) electrons. The van der Waals surface area contributed by atoms with Crippen LogP contribution in [0.5, 0.6) is 0 Å². The fourth-order valence-corrected chi connectivity index (χ4v) is 2.49. The van der Waals surface area contributed by atoms with Crippen molar-refractivity contribution in [2.75, 3.05) is 6.54 Å². The summed E-state index contributed by atoms with van der Waals surface area (Å²) in [6, 6.07) is -0.474. The van der Waals surface area contributed by atoms with Crippen molar-refractivity contribution in [2.45, 2.75) is 65.0 Å². The van der Waals surface area contributed by atoms with Crippen LogP contribution in [-0.4, -0.2) is 35.1 Å². The maximum atomic E-state index is 12.3. The van der Waals surface area contributed by atoms with Crippen molar-refractivity contribution in [3.05, 3.63) is 0 Å². The summed E-state index contributed by atoms with van der Waals surface area (Å²) < 4.78 is 0. The highest BCUT2D eigenvalue weighted by Gasteiger charge is 2.33. The van der Waals surface area contributed by atoms with Crippen molar-refractivity contribution in [3.63, 3.8) is 0 Å². The molecule has 1 aliphatic rings. The summed E-state index contributed by atoms with van der Waals surface area (Å²) in [5.74, 6) is -0.114. The molecule has 116 valence electrons. The van der Waals surface area contributed by atoms with Crippen molar-refractivity contribution < 1.29 is 14.7 Å². The Morgan fingerprint density at radius 1 is 1.30 bits per heavy atom. The molecule has 3 N–H and O–H groups in total. The normalized spacial score (nSPS) is 20.5. The second-order valence-electron chi connectivity index (χ2n) is 6.45. The molecule has 0 aromatic carbocycles. The van der Waals surface area contributed by atoms with Crippen LogP contribution in [-0.2, 0) is 9.59 Å². The second kappa shape index (κ2) is 7.07. The zero-order valence-corrected chi connectivity index (χ0v) is 13.0. The molecule has 1 aliphatic carbocycles. The van der Waals surface area contributed by atoms with Crippen LogP contribution in [0.3, 0.4) is 0 Å². The second-order valence-corrected chi connectivity index (χ2v) is 6.45. The van der Waals surface area contributed by atoms with Gasteiger partial charge in [0.25, 0.3) is 0 Å². The van der Waals surface area contributed by atoms with Gasteiger partial charge in [0.15, 0.2) is 0 Å². The SMILES string of the molecule is CC(=O)NC(C(=O)NCC(C)(O)C(C)C)C1CCCC1. The maximum Gasteiger partial charge on any atom is 0.242 e. The van der Waals surface area contributed by atoms with Crippen LogP contribution < -0.4 is 10.6 Å². The van der Waals surface area contributed by atoms with Gasteiger partial charge in [0, 0.05) is 13.5 Å². The van der Waals surface area contributed by atoms with Crippen LogP contribution >= 0.6 is 0 Å². The first kappa shape index (κ1) is 17.0. The van der Waals surface area contributed by atoms with Gasteiger partial charge >= 0.3 is 0 Å². The molecule has 20 heavy (non-hydrogen) atoms. The van der Waals surface area contributed by atoms with E-state index < -0.39 is 11.6 Å². The van der Waals surface area contributed by atoms with Crippen LogP contribution in [0, 0.1) is 11.8 Å². The maximum absolute atomic E-state index is 12.3. The van der Waals surface area contributed by atoms with Crippen molar-refractivity contribution in [1.82, 2.24) is 10.6 Å². The first-order chi connectivity index (χ1) is 9.24. The molecule has 5 heteroatoms. The van der Waals surface area contributed by atoms with Gasteiger partial charge in [0.2, 0.25) is 11.8 Å². The highest BCUT2D eigenvalue weighted by molar-refractivity contribution is 5.87. The minimum atomic E-state index is -0.938. The number of rotatable bonds is 6. The fourth-order valence-electron chi connectivity index (χ4n) is 2.49. The lowest BCUT2D eigenvalue weighted by molar-refractivity contribution is -0.130. The van der Waals surface area contributed by atoms with E-state index in [0.717, 1.165) is 25.7 Å².